The molecule has 0 saturated carbocycles. The molecule has 2 rings (SSSR count). The molecule has 2 aromatic rings. The van der Waals surface area contributed by atoms with Crippen LogP contribution in [0, 0.1) is 6.92 Å². The predicted molar refractivity (Wildman–Crippen MR) is 81.9 cm³/mol. The maximum absolute atomic E-state index is 11.7. The molecular weight excluding hydrogens is 256 g/mol. The largest absolute Gasteiger partial charge is 0.397 e. The van der Waals surface area contributed by atoms with Crippen LogP contribution < -0.4 is 11.1 Å². The normalized spacial score (nSPS) is 10.4. The summed E-state index contributed by atoms with van der Waals surface area (Å²) in [4.78, 5) is 12.3. The van der Waals surface area contributed by atoms with Gasteiger partial charge in [-0.3, -0.25) is 4.79 Å². The Kier molecular flexibility index (Phi) is 4.22. The molecule has 0 radical (unpaired) electrons. The van der Waals surface area contributed by atoms with Crippen LogP contribution in [0.5, 0.6) is 0 Å². The first-order valence-electron chi connectivity index (χ1n) is 6.32. The van der Waals surface area contributed by atoms with Crippen LogP contribution in [-0.4, -0.2) is 5.78 Å². The van der Waals surface area contributed by atoms with E-state index >= 15 is 0 Å². The van der Waals surface area contributed by atoms with Gasteiger partial charge in [-0.1, -0.05) is 31.2 Å². The highest BCUT2D eigenvalue weighted by atomic mass is 32.1. The van der Waals surface area contributed by atoms with Crippen LogP contribution in [-0.2, 0) is 6.54 Å². The zero-order valence-corrected chi connectivity index (χ0v) is 12.0. The number of benzene rings is 1. The van der Waals surface area contributed by atoms with Crippen LogP contribution in [0.1, 0.15) is 34.1 Å². The average Bonchev–Trinajstić information content (AvgIpc) is 2.78. The Hall–Kier alpha value is -1.81. The molecule has 0 aliphatic carbocycles. The molecule has 0 atom stereocenters. The molecule has 100 valence electrons. The topological polar surface area (TPSA) is 55.1 Å². The molecule has 0 spiro atoms. The van der Waals surface area contributed by atoms with Gasteiger partial charge in [-0.05, 0) is 24.1 Å². The van der Waals surface area contributed by atoms with E-state index in [1.54, 1.807) is 0 Å². The van der Waals surface area contributed by atoms with Gasteiger partial charge in [0.25, 0.3) is 0 Å². The predicted octanol–water partition coefficient (Wildman–Crippen LogP) is 3.84. The van der Waals surface area contributed by atoms with Crippen molar-refractivity contribution >= 4 is 27.8 Å². The number of thiophene rings is 1. The molecule has 0 aliphatic rings. The lowest BCUT2D eigenvalue weighted by Crippen LogP contribution is -1.99. The Labute approximate surface area is 117 Å². The van der Waals surface area contributed by atoms with Crippen molar-refractivity contribution in [3.63, 3.8) is 0 Å². The second-order valence-electron chi connectivity index (χ2n) is 4.45. The number of rotatable bonds is 5. The third-order valence-electron chi connectivity index (χ3n) is 3.05. The Bertz CT molecular complexity index is 590. The summed E-state index contributed by atoms with van der Waals surface area (Å²) in [5.74, 6) is 0.103. The fourth-order valence-electron chi connectivity index (χ4n) is 1.86. The Balaban J connectivity index is 2.09. The molecule has 1 aromatic heterocycles. The number of Topliss-reactive ketones (excluding diaryl/α,β-unsaturated/α-hetero) is 1. The SMILES string of the molecule is CCC(=O)c1sc(NCc2ccccc2C)cc1N. The van der Waals surface area contributed by atoms with E-state index in [1.807, 2.05) is 25.1 Å². The Morgan fingerprint density at radius 1 is 1.37 bits per heavy atom. The van der Waals surface area contributed by atoms with E-state index in [0.29, 0.717) is 17.0 Å². The fraction of sp³-hybridized carbons (Fsp3) is 0.267. The van der Waals surface area contributed by atoms with Gasteiger partial charge in [-0.15, -0.1) is 11.3 Å². The van der Waals surface area contributed by atoms with E-state index in [9.17, 15) is 4.79 Å². The standard InChI is InChI=1S/C15H18N2OS/c1-3-13(18)15-12(16)8-14(19-15)17-9-11-7-5-4-6-10(11)2/h4-8,17H,3,9,16H2,1-2H3. The summed E-state index contributed by atoms with van der Waals surface area (Å²) in [6, 6.07) is 10.1. The smallest absolute Gasteiger partial charge is 0.174 e. The molecule has 19 heavy (non-hydrogen) atoms. The van der Waals surface area contributed by atoms with Gasteiger partial charge < -0.3 is 11.1 Å². The van der Waals surface area contributed by atoms with Gasteiger partial charge in [0.2, 0.25) is 0 Å². The highest BCUT2D eigenvalue weighted by Crippen LogP contribution is 2.30. The highest BCUT2D eigenvalue weighted by molar-refractivity contribution is 7.18. The molecule has 0 aliphatic heterocycles. The first-order valence-corrected chi connectivity index (χ1v) is 7.14. The minimum absolute atomic E-state index is 0.103. The quantitative estimate of drug-likeness (QED) is 0.814. The monoisotopic (exact) mass is 274 g/mol. The van der Waals surface area contributed by atoms with E-state index in [0.717, 1.165) is 11.5 Å². The van der Waals surface area contributed by atoms with E-state index in [4.69, 9.17) is 5.73 Å². The third-order valence-corrected chi connectivity index (χ3v) is 4.20. The van der Waals surface area contributed by atoms with Crippen molar-refractivity contribution in [3.8, 4) is 0 Å². The first-order chi connectivity index (χ1) is 9.11. The Morgan fingerprint density at radius 2 is 2.11 bits per heavy atom. The second-order valence-corrected chi connectivity index (χ2v) is 5.50. The lowest BCUT2D eigenvalue weighted by molar-refractivity contribution is 0.0993. The van der Waals surface area contributed by atoms with Gasteiger partial charge in [0.15, 0.2) is 5.78 Å². The molecular formula is C15H18N2OS. The van der Waals surface area contributed by atoms with Crippen LogP contribution in [0.2, 0.25) is 0 Å². The van der Waals surface area contributed by atoms with Crippen molar-refractivity contribution in [3.05, 3.63) is 46.3 Å². The molecule has 0 amide bonds. The van der Waals surface area contributed by atoms with Gasteiger partial charge in [0, 0.05) is 13.0 Å². The van der Waals surface area contributed by atoms with Crippen LogP contribution in [0.3, 0.4) is 0 Å². The number of nitrogens with two attached hydrogens (primary N) is 1. The molecule has 0 bridgehead atoms. The molecule has 3 N–H and O–H groups in total. The van der Waals surface area contributed by atoms with Gasteiger partial charge in [-0.25, -0.2) is 0 Å². The van der Waals surface area contributed by atoms with E-state index < -0.39 is 0 Å². The molecule has 0 fully saturated rings. The summed E-state index contributed by atoms with van der Waals surface area (Å²) in [6.45, 7) is 4.68. The summed E-state index contributed by atoms with van der Waals surface area (Å²) in [6.07, 6.45) is 0.488. The van der Waals surface area contributed by atoms with Gasteiger partial charge >= 0.3 is 0 Å². The molecule has 1 heterocycles. The van der Waals surface area contributed by atoms with E-state index in [1.165, 1.54) is 22.5 Å². The zero-order valence-electron chi connectivity index (χ0n) is 11.2. The maximum atomic E-state index is 11.7. The van der Waals surface area contributed by atoms with Gasteiger partial charge in [0.05, 0.1) is 15.6 Å². The number of carbonyl (C=O) groups excluding carboxylic acids is 1. The summed E-state index contributed by atoms with van der Waals surface area (Å²) in [5.41, 5.74) is 8.94. The minimum atomic E-state index is 0.103. The molecule has 0 saturated heterocycles. The average molecular weight is 274 g/mol. The summed E-state index contributed by atoms with van der Waals surface area (Å²) >= 11 is 1.43. The number of hydrogen-bond donors (Lipinski definition) is 2. The minimum Gasteiger partial charge on any atom is -0.397 e. The number of carbonyl (C=O) groups is 1. The number of nitrogen functional groups attached to an aromatic ring is 1. The summed E-state index contributed by atoms with van der Waals surface area (Å²) in [5, 5.41) is 4.27. The van der Waals surface area contributed by atoms with Gasteiger partial charge in [0.1, 0.15) is 0 Å². The molecule has 4 heteroatoms. The van der Waals surface area contributed by atoms with Crippen molar-refractivity contribution in [2.45, 2.75) is 26.8 Å². The molecule has 1 aromatic carbocycles. The molecule has 3 nitrogen and oxygen atoms in total. The molecule has 0 unspecified atom stereocenters. The number of anilines is 2. The number of nitrogens with one attached hydrogen (secondary N) is 1. The zero-order chi connectivity index (χ0) is 13.8. The summed E-state index contributed by atoms with van der Waals surface area (Å²) < 4.78 is 0. The second kappa shape index (κ2) is 5.89. The van der Waals surface area contributed by atoms with Crippen molar-refractivity contribution in [1.82, 2.24) is 0 Å². The van der Waals surface area contributed by atoms with Crippen molar-refractivity contribution in [2.75, 3.05) is 11.1 Å². The van der Waals surface area contributed by atoms with E-state index in [2.05, 4.69) is 24.4 Å². The highest BCUT2D eigenvalue weighted by Gasteiger charge is 2.12. The number of ketones is 1. The maximum Gasteiger partial charge on any atom is 0.174 e. The fourth-order valence-corrected chi connectivity index (χ4v) is 2.85. The lowest BCUT2D eigenvalue weighted by atomic mass is 10.1. The lowest BCUT2D eigenvalue weighted by Gasteiger charge is -2.06. The summed E-state index contributed by atoms with van der Waals surface area (Å²) in [7, 11) is 0. The van der Waals surface area contributed by atoms with Crippen LogP contribution in [0.4, 0.5) is 10.7 Å². The van der Waals surface area contributed by atoms with Crippen molar-refractivity contribution < 1.29 is 4.79 Å². The van der Waals surface area contributed by atoms with Crippen LogP contribution in [0.15, 0.2) is 30.3 Å². The third kappa shape index (κ3) is 3.15. The van der Waals surface area contributed by atoms with Crippen molar-refractivity contribution in [1.29, 1.82) is 0 Å². The first kappa shape index (κ1) is 13.6. The van der Waals surface area contributed by atoms with E-state index in [-0.39, 0.29) is 5.78 Å². The number of hydrogen-bond acceptors (Lipinski definition) is 4. The Morgan fingerprint density at radius 3 is 2.79 bits per heavy atom. The van der Waals surface area contributed by atoms with Crippen molar-refractivity contribution in [2.24, 2.45) is 0 Å². The van der Waals surface area contributed by atoms with Gasteiger partial charge in [-0.2, -0.15) is 0 Å². The van der Waals surface area contributed by atoms with Crippen LogP contribution >= 0.6 is 11.3 Å². The number of aryl methyl sites for hydroxylation is 1. The van der Waals surface area contributed by atoms with Crippen LogP contribution in [0.25, 0.3) is 0 Å².